The summed E-state index contributed by atoms with van der Waals surface area (Å²) in [5.41, 5.74) is -0.00793. The molecule has 5 nitrogen and oxygen atoms in total. The fourth-order valence-electron chi connectivity index (χ4n) is 2.67. The molecule has 1 saturated heterocycles. The molecule has 0 bridgehead atoms. The minimum atomic E-state index is -4.37. The second kappa shape index (κ2) is 6.99. The minimum Gasteiger partial charge on any atom is -0.302 e. The van der Waals surface area contributed by atoms with Crippen LogP contribution in [0, 0.1) is 5.92 Å². The predicted octanol–water partition coefficient (Wildman–Crippen LogP) is 3.13. The number of nitrogens with one attached hydrogen (secondary N) is 1. The molecule has 2 aromatic rings. The van der Waals surface area contributed by atoms with Crippen LogP contribution >= 0.6 is 11.3 Å². The number of halogens is 3. The molecule has 0 spiro atoms. The van der Waals surface area contributed by atoms with E-state index in [9.17, 15) is 26.4 Å². The van der Waals surface area contributed by atoms with Crippen molar-refractivity contribution >= 4 is 32.2 Å². The van der Waals surface area contributed by atoms with Crippen molar-refractivity contribution in [1.29, 1.82) is 0 Å². The van der Waals surface area contributed by atoms with Crippen molar-refractivity contribution in [1.82, 2.24) is 4.98 Å². The van der Waals surface area contributed by atoms with Crippen LogP contribution in [0.3, 0.4) is 0 Å². The number of amides is 1. The first kappa shape index (κ1) is 18.8. The van der Waals surface area contributed by atoms with Crippen LogP contribution in [-0.2, 0) is 27.2 Å². The van der Waals surface area contributed by atoms with Gasteiger partial charge in [0.2, 0.25) is 5.91 Å². The molecule has 10 heteroatoms. The Bertz CT molecular complexity index is 906. The number of thiazole rings is 1. The normalized spacial score (nSPS) is 19.4. The molecule has 1 aliphatic rings. The van der Waals surface area contributed by atoms with Crippen molar-refractivity contribution in [2.75, 3.05) is 16.8 Å². The van der Waals surface area contributed by atoms with Crippen LogP contribution in [-0.4, -0.2) is 30.8 Å². The number of hydrogen-bond acceptors (Lipinski definition) is 5. The van der Waals surface area contributed by atoms with Gasteiger partial charge in [-0.25, -0.2) is 13.4 Å². The van der Waals surface area contributed by atoms with Gasteiger partial charge in [0.15, 0.2) is 15.0 Å². The summed E-state index contributed by atoms with van der Waals surface area (Å²) in [7, 11) is -3.14. The highest BCUT2D eigenvalue weighted by Crippen LogP contribution is 2.30. The van der Waals surface area contributed by atoms with Crippen LogP contribution in [0.15, 0.2) is 30.5 Å². The molecule has 26 heavy (non-hydrogen) atoms. The number of anilines is 1. The number of rotatable bonds is 4. The number of benzene rings is 1. The highest BCUT2D eigenvalue weighted by molar-refractivity contribution is 7.91. The summed E-state index contributed by atoms with van der Waals surface area (Å²) >= 11 is 1.21. The van der Waals surface area contributed by atoms with Crippen LogP contribution < -0.4 is 5.32 Å². The summed E-state index contributed by atoms with van der Waals surface area (Å²) < 4.78 is 60.5. The lowest BCUT2D eigenvalue weighted by molar-refractivity contribution is -0.137. The molecule has 2 heterocycles. The third kappa shape index (κ3) is 4.61. The maximum Gasteiger partial charge on any atom is 0.416 e. The molecular formula is C16H15F3N2O3S2. The zero-order valence-electron chi connectivity index (χ0n) is 13.4. The molecule has 0 saturated carbocycles. The number of aromatic nitrogens is 1. The molecule has 1 fully saturated rings. The number of sulfone groups is 1. The van der Waals surface area contributed by atoms with Gasteiger partial charge in [-0.2, -0.15) is 13.2 Å². The van der Waals surface area contributed by atoms with Crippen LogP contribution in [0.25, 0.3) is 0 Å². The number of nitrogens with zero attached hydrogens (tertiary/aromatic N) is 1. The Balaban J connectivity index is 1.60. The number of carbonyl (C=O) groups is 1. The maximum atomic E-state index is 12.6. The first-order valence-electron chi connectivity index (χ1n) is 7.74. The van der Waals surface area contributed by atoms with Crippen LogP contribution in [0.4, 0.5) is 18.3 Å². The molecule has 0 unspecified atom stereocenters. The van der Waals surface area contributed by atoms with Gasteiger partial charge in [0.1, 0.15) is 0 Å². The van der Waals surface area contributed by atoms with Crippen molar-refractivity contribution in [3.63, 3.8) is 0 Å². The lowest BCUT2D eigenvalue weighted by Gasteiger charge is -2.07. The maximum absolute atomic E-state index is 12.6. The van der Waals surface area contributed by atoms with Gasteiger partial charge < -0.3 is 5.32 Å². The van der Waals surface area contributed by atoms with Gasteiger partial charge in [0.05, 0.1) is 23.0 Å². The molecule has 0 aliphatic carbocycles. The second-order valence-corrected chi connectivity index (χ2v) is 9.44. The van der Waals surface area contributed by atoms with Crippen LogP contribution in [0.1, 0.15) is 22.4 Å². The number of carbonyl (C=O) groups excluding carboxylic acids is 1. The zero-order valence-corrected chi connectivity index (χ0v) is 15.0. The summed E-state index contributed by atoms with van der Waals surface area (Å²) in [6.07, 6.45) is -2.13. The lowest BCUT2D eigenvalue weighted by atomic mass is 10.1. The molecule has 1 atom stereocenters. The molecule has 1 N–H and O–H groups in total. The lowest BCUT2D eigenvalue weighted by Crippen LogP contribution is -2.23. The Kier molecular flexibility index (Phi) is 5.07. The fraction of sp³-hybridized carbons (Fsp3) is 0.375. The van der Waals surface area contributed by atoms with E-state index >= 15 is 0 Å². The van der Waals surface area contributed by atoms with Crippen LogP contribution in [0.5, 0.6) is 0 Å². The van der Waals surface area contributed by atoms with Gasteiger partial charge >= 0.3 is 6.18 Å². The van der Waals surface area contributed by atoms with Gasteiger partial charge in [0, 0.05) is 17.5 Å². The van der Waals surface area contributed by atoms with E-state index in [0.29, 0.717) is 23.5 Å². The van der Waals surface area contributed by atoms with Crippen molar-refractivity contribution in [3.05, 3.63) is 46.5 Å². The topological polar surface area (TPSA) is 76.1 Å². The van der Waals surface area contributed by atoms with Crippen molar-refractivity contribution in [2.24, 2.45) is 5.92 Å². The predicted molar refractivity (Wildman–Crippen MR) is 91.8 cm³/mol. The highest BCUT2D eigenvalue weighted by Gasteiger charge is 2.33. The molecule has 1 amide bonds. The first-order valence-corrected chi connectivity index (χ1v) is 10.4. The molecule has 1 aliphatic heterocycles. The minimum absolute atomic E-state index is 0.0160. The molecule has 0 radical (unpaired) electrons. The molecule has 1 aromatic carbocycles. The van der Waals surface area contributed by atoms with Gasteiger partial charge in [-0.1, -0.05) is 12.1 Å². The smallest absolute Gasteiger partial charge is 0.302 e. The quantitative estimate of drug-likeness (QED) is 0.850. The van der Waals surface area contributed by atoms with Crippen molar-refractivity contribution < 1.29 is 26.4 Å². The highest BCUT2D eigenvalue weighted by atomic mass is 32.2. The Morgan fingerprint density at radius 3 is 2.54 bits per heavy atom. The van der Waals surface area contributed by atoms with Gasteiger partial charge in [-0.15, -0.1) is 11.3 Å². The Hall–Kier alpha value is -1.94. The van der Waals surface area contributed by atoms with E-state index in [1.807, 2.05) is 0 Å². The molecule has 1 aromatic heterocycles. The van der Waals surface area contributed by atoms with E-state index in [1.54, 1.807) is 6.20 Å². The van der Waals surface area contributed by atoms with E-state index < -0.39 is 27.5 Å². The summed E-state index contributed by atoms with van der Waals surface area (Å²) in [5.74, 6) is -1.08. The van der Waals surface area contributed by atoms with E-state index in [0.717, 1.165) is 17.0 Å². The fourth-order valence-corrected chi connectivity index (χ4v) is 5.26. The summed E-state index contributed by atoms with van der Waals surface area (Å²) in [6.45, 7) is 0. The Morgan fingerprint density at radius 1 is 1.27 bits per heavy atom. The van der Waals surface area contributed by atoms with Crippen molar-refractivity contribution in [3.8, 4) is 0 Å². The third-order valence-corrected chi connectivity index (χ3v) is 6.73. The zero-order chi connectivity index (χ0) is 18.9. The average molecular weight is 404 g/mol. The Morgan fingerprint density at radius 2 is 1.96 bits per heavy atom. The van der Waals surface area contributed by atoms with Crippen molar-refractivity contribution in [2.45, 2.75) is 19.0 Å². The van der Waals surface area contributed by atoms with E-state index in [-0.39, 0.29) is 17.4 Å². The number of hydrogen-bond donors (Lipinski definition) is 1. The van der Waals surface area contributed by atoms with Gasteiger partial charge in [-0.05, 0) is 24.1 Å². The standard InChI is InChI=1S/C16H15F3N2O3S2/c17-16(18,19)12-3-1-10(2-4-12)7-13-8-20-15(25-13)21-14(22)11-5-6-26(23,24)9-11/h1-4,8,11H,5-7,9H2,(H,20,21,22)/t11-/m0/s1. The monoisotopic (exact) mass is 404 g/mol. The van der Waals surface area contributed by atoms with Crippen LogP contribution in [0.2, 0.25) is 0 Å². The largest absolute Gasteiger partial charge is 0.416 e. The molecular weight excluding hydrogens is 389 g/mol. The first-order chi connectivity index (χ1) is 12.1. The average Bonchev–Trinajstić information content (AvgIpc) is 3.13. The summed E-state index contributed by atoms with van der Waals surface area (Å²) in [4.78, 5) is 16.9. The SMILES string of the molecule is O=C(Nc1ncc(Cc2ccc(C(F)(F)F)cc2)s1)[C@H]1CCS(=O)(=O)C1. The van der Waals surface area contributed by atoms with Gasteiger partial charge in [-0.3, -0.25) is 4.79 Å². The number of alkyl halides is 3. The van der Waals surface area contributed by atoms with E-state index in [2.05, 4.69) is 10.3 Å². The van der Waals surface area contributed by atoms with E-state index in [1.165, 1.54) is 23.5 Å². The summed E-state index contributed by atoms with van der Waals surface area (Å²) in [6, 6.07) is 4.87. The Labute approximate surface area is 152 Å². The third-order valence-electron chi connectivity index (χ3n) is 4.05. The second-order valence-electron chi connectivity index (χ2n) is 6.09. The summed E-state index contributed by atoms with van der Waals surface area (Å²) in [5, 5.41) is 2.96. The van der Waals surface area contributed by atoms with Gasteiger partial charge in [0.25, 0.3) is 0 Å². The molecule has 3 rings (SSSR count). The van der Waals surface area contributed by atoms with E-state index in [4.69, 9.17) is 0 Å². The molecule has 140 valence electrons.